The van der Waals surface area contributed by atoms with Gasteiger partial charge in [0.2, 0.25) is 5.91 Å². The number of likely N-dealkylation sites (N-methyl/N-ethyl adjacent to an activating group) is 1. The van der Waals surface area contributed by atoms with Gasteiger partial charge in [-0.3, -0.25) is 14.5 Å². The van der Waals surface area contributed by atoms with E-state index in [-0.39, 0.29) is 18.4 Å². The molecule has 1 aliphatic heterocycles. The van der Waals surface area contributed by atoms with Crippen molar-refractivity contribution in [2.24, 2.45) is 0 Å². The minimum absolute atomic E-state index is 0.0584. The van der Waals surface area contributed by atoms with Crippen LogP contribution in [0.1, 0.15) is 35.2 Å². The molecule has 5 aromatic rings. The Balaban J connectivity index is 1.43. The van der Waals surface area contributed by atoms with E-state index in [1.165, 1.54) is 4.90 Å². The maximum atomic E-state index is 13.0. The predicted molar refractivity (Wildman–Crippen MR) is 144 cm³/mol. The van der Waals surface area contributed by atoms with Crippen LogP contribution >= 0.6 is 15.9 Å². The minimum atomic E-state index is -0.307. The highest BCUT2D eigenvalue weighted by atomic mass is 79.9. The number of nitrogens with zero attached hydrogens (tertiary/aromatic N) is 6. The lowest BCUT2D eigenvalue weighted by atomic mass is 10.0. The van der Waals surface area contributed by atoms with E-state index in [1.54, 1.807) is 7.05 Å². The molecule has 0 fully saturated rings. The van der Waals surface area contributed by atoms with Gasteiger partial charge in [0.05, 0.1) is 11.0 Å². The zero-order valence-electron chi connectivity index (χ0n) is 20.7. The van der Waals surface area contributed by atoms with Crippen molar-refractivity contribution in [1.82, 2.24) is 35.5 Å². The molecule has 38 heavy (non-hydrogen) atoms. The summed E-state index contributed by atoms with van der Waals surface area (Å²) in [6, 6.07) is 13.7. The van der Waals surface area contributed by atoms with Crippen LogP contribution in [-0.2, 0) is 17.8 Å². The summed E-state index contributed by atoms with van der Waals surface area (Å²) in [6.45, 7) is 2.41. The summed E-state index contributed by atoms with van der Waals surface area (Å²) in [5, 5.41) is 17.9. The van der Waals surface area contributed by atoms with Crippen LogP contribution in [0.4, 0.5) is 5.82 Å². The number of hydrogen-bond acceptors (Lipinski definition) is 7. The molecule has 2 amide bonds. The Morgan fingerprint density at radius 3 is 2.71 bits per heavy atom. The first-order chi connectivity index (χ1) is 18.5. The molecule has 12 heteroatoms. The van der Waals surface area contributed by atoms with Gasteiger partial charge in [0.15, 0.2) is 17.3 Å². The second kappa shape index (κ2) is 9.53. The molecule has 11 nitrogen and oxygen atoms in total. The normalized spacial score (nSPS) is 13.6. The molecule has 0 radical (unpaired) electrons. The van der Waals surface area contributed by atoms with Crippen LogP contribution in [0, 0.1) is 0 Å². The number of fused-ring (bicyclic) bond motifs is 2. The fourth-order valence-electron chi connectivity index (χ4n) is 4.73. The van der Waals surface area contributed by atoms with Gasteiger partial charge < -0.3 is 14.3 Å². The third-order valence-corrected chi connectivity index (χ3v) is 7.40. The first-order valence-corrected chi connectivity index (χ1v) is 12.9. The average Bonchev–Trinajstić information content (AvgIpc) is 3.64. The second-order valence-corrected chi connectivity index (χ2v) is 9.84. The highest BCUT2D eigenvalue weighted by Crippen LogP contribution is 2.41. The standard InChI is InChI=1S/C26H23BrN8O3/c1-3-6-19-29-25-22(26(37)28-12-20(36)34(25)2)35(19)13-14-9-10-18-17(11-14)21(27)23(38-18)15-7-4-5-8-16(15)24-30-32-33-31-24/h4-5,7-11H,3,6,12-13H2,1-2H3,(H,28,37)(H,30,31,32,33). The number of aromatic nitrogens is 6. The molecule has 0 saturated carbocycles. The average molecular weight is 575 g/mol. The topological polar surface area (TPSA) is 135 Å². The van der Waals surface area contributed by atoms with E-state index in [4.69, 9.17) is 9.40 Å². The van der Waals surface area contributed by atoms with Crippen LogP contribution in [0.15, 0.2) is 51.4 Å². The highest BCUT2D eigenvalue weighted by molar-refractivity contribution is 9.10. The van der Waals surface area contributed by atoms with E-state index in [1.807, 2.05) is 47.0 Å². The molecule has 0 atom stereocenters. The molecule has 0 unspecified atom stereocenters. The Morgan fingerprint density at radius 1 is 1.13 bits per heavy atom. The summed E-state index contributed by atoms with van der Waals surface area (Å²) in [5.41, 5.74) is 3.71. The van der Waals surface area contributed by atoms with Gasteiger partial charge in [-0.1, -0.05) is 37.3 Å². The van der Waals surface area contributed by atoms with Gasteiger partial charge in [-0.25, -0.2) is 10.1 Å². The molecule has 2 aromatic carbocycles. The molecular weight excluding hydrogens is 552 g/mol. The van der Waals surface area contributed by atoms with Gasteiger partial charge in [0.25, 0.3) is 5.91 Å². The van der Waals surface area contributed by atoms with Crippen molar-refractivity contribution < 1.29 is 14.0 Å². The number of nitrogens with one attached hydrogen (secondary N) is 2. The van der Waals surface area contributed by atoms with Gasteiger partial charge in [-0.05, 0) is 50.5 Å². The lowest BCUT2D eigenvalue weighted by Gasteiger charge is -2.12. The van der Waals surface area contributed by atoms with Crippen LogP contribution in [0.5, 0.6) is 0 Å². The largest absolute Gasteiger partial charge is 0.455 e. The molecule has 2 N–H and O–H groups in total. The number of H-pyrrole nitrogens is 1. The number of carbonyl (C=O) groups excluding carboxylic acids is 2. The number of aryl methyl sites for hydroxylation is 1. The molecule has 192 valence electrons. The Kier molecular flexibility index (Phi) is 6.03. The number of rotatable bonds is 6. The SMILES string of the molecule is CCCc1nc2c(n1Cc1ccc3oc(-c4ccccc4-c4nnn[nH]4)c(Br)c3c1)C(=O)NCC(=O)N2C. The monoisotopic (exact) mass is 574 g/mol. The summed E-state index contributed by atoms with van der Waals surface area (Å²) in [6.07, 6.45) is 1.53. The molecule has 0 bridgehead atoms. The third kappa shape index (κ3) is 3.97. The van der Waals surface area contributed by atoms with Crippen molar-refractivity contribution in [3.8, 4) is 22.7 Å². The summed E-state index contributed by atoms with van der Waals surface area (Å²) >= 11 is 3.75. The van der Waals surface area contributed by atoms with E-state index in [9.17, 15) is 9.59 Å². The van der Waals surface area contributed by atoms with Crippen molar-refractivity contribution in [3.05, 3.63) is 64.0 Å². The summed E-state index contributed by atoms with van der Waals surface area (Å²) in [5.74, 6) is 1.84. The van der Waals surface area contributed by atoms with Crippen LogP contribution in [0.3, 0.4) is 0 Å². The van der Waals surface area contributed by atoms with Gasteiger partial charge in [-0.2, -0.15) is 0 Å². The molecule has 4 heterocycles. The van der Waals surface area contributed by atoms with E-state index in [0.29, 0.717) is 41.6 Å². The van der Waals surface area contributed by atoms with E-state index < -0.39 is 0 Å². The number of halogens is 1. The van der Waals surface area contributed by atoms with E-state index in [2.05, 4.69) is 48.8 Å². The zero-order chi connectivity index (χ0) is 26.4. The number of aromatic amines is 1. The number of imidazole rings is 1. The minimum Gasteiger partial charge on any atom is -0.455 e. The second-order valence-electron chi connectivity index (χ2n) is 9.04. The smallest absolute Gasteiger partial charge is 0.272 e. The molecular formula is C26H23BrN8O3. The van der Waals surface area contributed by atoms with E-state index in [0.717, 1.165) is 38.8 Å². The summed E-state index contributed by atoms with van der Waals surface area (Å²) < 4.78 is 8.98. The first-order valence-electron chi connectivity index (χ1n) is 12.1. The molecule has 0 aliphatic carbocycles. The number of benzene rings is 2. The maximum Gasteiger partial charge on any atom is 0.272 e. The summed E-state index contributed by atoms with van der Waals surface area (Å²) in [7, 11) is 1.65. The molecule has 0 spiro atoms. The molecule has 6 rings (SSSR count). The number of anilines is 1. The van der Waals surface area contributed by atoms with Crippen LogP contribution in [0.25, 0.3) is 33.7 Å². The Morgan fingerprint density at radius 2 is 1.95 bits per heavy atom. The quantitative estimate of drug-likeness (QED) is 0.313. The highest BCUT2D eigenvalue weighted by Gasteiger charge is 2.31. The fraction of sp³-hybridized carbons (Fsp3) is 0.231. The number of hydrogen-bond donors (Lipinski definition) is 2. The number of amides is 2. The van der Waals surface area contributed by atoms with E-state index >= 15 is 0 Å². The van der Waals surface area contributed by atoms with Gasteiger partial charge in [0, 0.05) is 36.5 Å². The van der Waals surface area contributed by atoms with Crippen molar-refractivity contribution in [1.29, 1.82) is 0 Å². The van der Waals surface area contributed by atoms with Crippen LogP contribution < -0.4 is 10.2 Å². The number of carbonyl (C=O) groups is 2. The first kappa shape index (κ1) is 24.0. The maximum absolute atomic E-state index is 13.0. The van der Waals surface area contributed by atoms with Crippen molar-refractivity contribution in [3.63, 3.8) is 0 Å². The Labute approximate surface area is 225 Å². The number of tetrazole rings is 1. The van der Waals surface area contributed by atoms with Crippen molar-refractivity contribution >= 4 is 44.5 Å². The van der Waals surface area contributed by atoms with Gasteiger partial charge in [-0.15, -0.1) is 5.10 Å². The Hall–Kier alpha value is -4.32. The molecule has 1 aliphatic rings. The van der Waals surface area contributed by atoms with Crippen molar-refractivity contribution in [2.75, 3.05) is 18.5 Å². The van der Waals surface area contributed by atoms with Crippen molar-refractivity contribution in [2.45, 2.75) is 26.3 Å². The van der Waals surface area contributed by atoms with Crippen LogP contribution in [0.2, 0.25) is 0 Å². The van der Waals surface area contributed by atoms with Crippen LogP contribution in [-0.4, -0.2) is 55.6 Å². The predicted octanol–water partition coefficient (Wildman–Crippen LogP) is 3.95. The fourth-order valence-corrected chi connectivity index (χ4v) is 5.34. The lowest BCUT2D eigenvalue weighted by molar-refractivity contribution is -0.117. The van der Waals surface area contributed by atoms with Gasteiger partial charge >= 0.3 is 0 Å². The van der Waals surface area contributed by atoms with Gasteiger partial charge in [0.1, 0.15) is 17.2 Å². The zero-order valence-corrected chi connectivity index (χ0v) is 22.2. The number of furan rings is 1. The molecule has 0 saturated heterocycles. The third-order valence-electron chi connectivity index (χ3n) is 6.61. The summed E-state index contributed by atoms with van der Waals surface area (Å²) in [4.78, 5) is 31.5. The molecule has 3 aromatic heterocycles. The lowest BCUT2D eigenvalue weighted by Crippen LogP contribution is -2.34. The Bertz CT molecular complexity index is 1690.